The number of nitrogens with zero attached hydrogens (tertiary/aromatic N) is 2. The monoisotopic (exact) mass is 332 g/mol. The second kappa shape index (κ2) is 6.48. The SMILES string of the molecule is CC1=NN(c2ccccc2)C(=O)/C1=C/c1c(C)cc(C)c(C=O)c1C. The molecule has 0 fully saturated rings. The lowest BCUT2D eigenvalue weighted by molar-refractivity contribution is -0.114. The summed E-state index contributed by atoms with van der Waals surface area (Å²) in [5.41, 5.74) is 6.41. The fourth-order valence-electron chi connectivity index (χ4n) is 3.19. The van der Waals surface area contributed by atoms with Crippen LogP contribution in [0, 0.1) is 20.8 Å². The van der Waals surface area contributed by atoms with Gasteiger partial charge in [0.15, 0.2) is 6.29 Å². The van der Waals surface area contributed by atoms with E-state index >= 15 is 0 Å². The summed E-state index contributed by atoms with van der Waals surface area (Å²) in [5, 5.41) is 5.82. The fourth-order valence-corrected chi connectivity index (χ4v) is 3.19. The minimum Gasteiger partial charge on any atom is -0.298 e. The van der Waals surface area contributed by atoms with Crippen LogP contribution in [0.3, 0.4) is 0 Å². The van der Waals surface area contributed by atoms with E-state index in [2.05, 4.69) is 5.10 Å². The molecule has 0 spiro atoms. The molecule has 0 unspecified atom stereocenters. The van der Waals surface area contributed by atoms with Crippen LogP contribution < -0.4 is 5.01 Å². The zero-order valence-corrected chi connectivity index (χ0v) is 14.8. The average molecular weight is 332 g/mol. The van der Waals surface area contributed by atoms with Crippen molar-refractivity contribution in [3.8, 4) is 0 Å². The molecule has 3 rings (SSSR count). The van der Waals surface area contributed by atoms with Crippen molar-refractivity contribution in [3.63, 3.8) is 0 Å². The highest BCUT2D eigenvalue weighted by molar-refractivity contribution is 6.32. The number of hydrogen-bond donors (Lipinski definition) is 0. The molecule has 2 aromatic rings. The van der Waals surface area contributed by atoms with Gasteiger partial charge in [-0.2, -0.15) is 10.1 Å². The van der Waals surface area contributed by atoms with Gasteiger partial charge in [0.2, 0.25) is 0 Å². The summed E-state index contributed by atoms with van der Waals surface area (Å²) >= 11 is 0. The summed E-state index contributed by atoms with van der Waals surface area (Å²) in [6.07, 6.45) is 2.72. The van der Waals surface area contributed by atoms with E-state index in [1.807, 2.05) is 70.2 Å². The number of hydrazone groups is 1. The first-order valence-electron chi connectivity index (χ1n) is 8.16. The van der Waals surface area contributed by atoms with Crippen LogP contribution in [-0.4, -0.2) is 17.9 Å². The molecule has 0 saturated heterocycles. The van der Waals surface area contributed by atoms with Crippen molar-refractivity contribution >= 4 is 29.7 Å². The quantitative estimate of drug-likeness (QED) is 0.624. The summed E-state index contributed by atoms with van der Waals surface area (Å²) in [7, 11) is 0. The number of aryl methyl sites for hydroxylation is 2. The first-order chi connectivity index (χ1) is 11.9. The van der Waals surface area contributed by atoms with Gasteiger partial charge in [0.1, 0.15) is 0 Å². The molecule has 0 atom stereocenters. The van der Waals surface area contributed by atoms with Crippen LogP contribution in [0.5, 0.6) is 0 Å². The number of aldehydes is 1. The Morgan fingerprint density at radius 3 is 2.24 bits per heavy atom. The number of hydrogen-bond acceptors (Lipinski definition) is 3. The average Bonchev–Trinajstić information content (AvgIpc) is 2.87. The normalized spacial score (nSPS) is 15.7. The Hall–Kier alpha value is -3.01. The van der Waals surface area contributed by atoms with Crippen molar-refractivity contribution in [1.82, 2.24) is 0 Å². The lowest BCUT2D eigenvalue weighted by Crippen LogP contribution is -2.21. The Balaban J connectivity index is 2.08. The highest BCUT2D eigenvalue weighted by Gasteiger charge is 2.29. The highest BCUT2D eigenvalue weighted by Crippen LogP contribution is 2.28. The van der Waals surface area contributed by atoms with Crippen LogP contribution >= 0.6 is 0 Å². The second-order valence-electron chi connectivity index (χ2n) is 6.28. The molecule has 4 heteroatoms. The number of carbonyl (C=O) groups excluding carboxylic acids is 2. The highest BCUT2D eigenvalue weighted by atomic mass is 16.2. The largest absolute Gasteiger partial charge is 0.298 e. The number of para-hydroxylation sites is 1. The molecular weight excluding hydrogens is 312 g/mol. The van der Waals surface area contributed by atoms with Gasteiger partial charge in [-0.25, -0.2) is 0 Å². The van der Waals surface area contributed by atoms with Crippen molar-refractivity contribution in [2.75, 3.05) is 5.01 Å². The van der Waals surface area contributed by atoms with E-state index in [1.165, 1.54) is 5.01 Å². The van der Waals surface area contributed by atoms with Gasteiger partial charge < -0.3 is 0 Å². The molecule has 1 aliphatic heterocycles. The summed E-state index contributed by atoms with van der Waals surface area (Å²) in [4.78, 5) is 24.2. The zero-order valence-electron chi connectivity index (χ0n) is 14.8. The minimum absolute atomic E-state index is 0.157. The number of amides is 1. The van der Waals surface area contributed by atoms with Gasteiger partial charge in [-0.05, 0) is 68.2 Å². The van der Waals surface area contributed by atoms with Crippen molar-refractivity contribution in [1.29, 1.82) is 0 Å². The molecule has 2 aromatic carbocycles. The van der Waals surface area contributed by atoms with Gasteiger partial charge in [0.25, 0.3) is 5.91 Å². The molecule has 0 radical (unpaired) electrons. The van der Waals surface area contributed by atoms with Crippen LogP contribution in [0.1, 0.15) is 39.5 Å². The maximum atomic E-state index is 12.8. The maximum absolute atomic E-state index is 12.8. The number of benzene rings is 2. The van der Waals surface area contributed by atoms with E-state index in [1.54, 1.807) is 0 Å². The summed E-state index contributed by atoms with van der Waals surface area (Å²) in [5.74, 6) is -0.157. The third-order valence-electron chi connectivity index (χ3n) is 4.56. The molecule has 1 amide bonds. The first-order valence-corrected chi connectivity index (χ1v) is 8.16. The topological polar surface area (TPSA) is 49.7 Å². The van der Waals surface area contributed by atoms with Gasteiger partial charge in [0.05, 0.1) is 17.0 Å². The van der Waals surface area contributed by atoms with Gasteiger partial charge in [-0.3, -0.25) is 9.59 Å². The standard InChI is InChI=1S/C21H20N2O2/c1-13-10-14(2)20(12-24)15(3)18(13)11-19-16(4)22-23(21(19)25)17-8-6-5-7-9-17/h5-12H,1-4H3/b19-11+. The minimum atomic E-state index is -0.157. The van der Waals surface area contributed by atoms with Crippen molar-refractivity contribution < 1.29 is 9.59 Å². The molecule has 0 aromatic heterocycles. The Kier molecular flexibility index (Phi) is 4.36. The summed E-state index contributed by atoms with van der Waals surface area (Å²) in [6.45, 7) is 7.65. The lowest BCUT2D eigenvalue weighted by atomic mass is 9.92. The number of rotatable bonds is 3. The first kappa shape index (κ1) is 16.8. The predicted octanol–water partition coefficient (Wildman–Crippen LogP) is 4.23. The summed E-state index contributed by atoms with van der Waals surface area (Å²) < 4.78 is 0. The molecular formula is C21H20N2O2. The number of carbonyl (C=O) groups is 2. The fraction of sp³-hybridized carbons (Fsp3) is 0.190. The molecule has 1 aliphatic rings. The molecule has 0 N–H and O–H groups in total. The van der Waals surface area contributed by atoms with E-state index in [4.69, 9.17) is 0 Å². The van der Waals surface area contributed by atoms with Crippen molar-refractivity contribution in [2.45, 2.75) is 27.7 Å². The Morgan fingerprint density at radius 1 is 0.960 bits per heavy atom. The molecule has 25 heavy (non-hydrogen) atoms. The molecule has 4 nitrogen and oxygen atoms in total. The lowest BCUT2D eigenvalue weighted by Gasteiger charge is -2.13. The van der Waals surface area contributed by atoms with E-state index in [-0.39, 0.29) is 5.91 Å². The van der Waals surface area contributed by atoms with Crippen LogP contribution in [-0.2, 0) is 4.79 Å². The van der Waals surface area contributed by atoms with Crippen LogP contribution in [0.4, 0.5) is 5.69 Å². The summed E-state index contributed by atoms with van der Waals surface area (Å²) in [6, 6.07) is 11.3. The Labute approximate surface area is 147 Å². The maximum Gasteiger partial charge on any atom is 0.280 e. The second-order valence-corrected chi connectivity index (χ2v) is 6.28. The molecule has 126 valence electrons. The van der Waals surface area contributed by atoms with Gasteiger partial charge in [0, 0.05) is 5.56 Å². The zero-order chi connectivity index (χ0) is 18.1. The molecule has 0 saturated carbocycles. The van der Waals surface area contributed by atoms with Gasteiger partial charge in [-0.1, -0.05) is 24.3 Å². The number of anilines is 1. The third kappa shape index (κ3) is 2.91. The predicted molar refractivity (Wildman–Crippen MR) is 101 cm³/mol. The molecule has 0 bridgehead atoms. The van der Waals surface area contributed by atoms with E-state index < -0.39 is 0 Å². The molecule has 0 aliphatic carbocycles. The van der Waals surface area contributed by atoms with Gasteiger partial charge in [-0.15, -0.1) is 0 Å². The smallest absolute Gasteiger partial charge is 0.280 e. The van der Waals surface area contributed by atoms with Gasteiger partial charge >= 0.3 is 0 Å². The van der Waals surface area contributed by atoms with Crippen molar-refractivity contribution in [3.05, 3.63) is 69.8 Å². The van der Waals surface area contributed by atoms with E-state index in [0.717, 1.165) is 34.2 Å². The van der Waals surface area contributed by atoms with E-state index in [9.17, 15) is 9.59 Å². The molecule has 1 heterocycles. The van der Waals surface area contributed by atoms with Crippen LogP contribution in [0.15, 0.2) is 47.1 Å². The van der Waals surface area contributed by atoms with Crippen LogP contribution in [0.2, 0.25) is 0 Å². The third-order valence-corrected chi connectivity index (χ3v) is 4.56. The van der Waals surface area contributed by atoms with Crippen LogP contribution in [0.25, 0.3) is 6.08 Å². The van der Waals surface area contributed by atoms with Crippen molar-refractivity contribution in [2.24, 2.45) is 5.10 Å². The Morgan fingerprint density at radius 2 is 1.60 bits per heavy atom. The van der Waals surface area contributed by atoms with E-state index in [0.29, 0.717) is 16.8 Å². The Bertz CT molecular complexity index is 925.